The highest BCUT2D eigenvalue weighted by Gasteiger charge is 2.20. The van der Waals surface area contributed by atoms with Crippen LogP contribution in [0.3, 0.4) is 0 Å². The van der Waals surface area contributed by atoms with Gasteiger partial charge in [-0.15, -0.1) is 12.4 Å². The number of esters is 1. The molecule has 3 rings (SSSR count). The molecule has 26 heavy (non-hydrogen) atoms. The highest BCUT2D eigenvalue weighted by molar-refractivity contribution is 5.93. The summed E-state index contributed by atoms with van der Waals surface area (Å²) in [5.41, 5.74) is 8.44. The number of benzene rings is 2. The van der Waals surface area contributed by atoms with Crippen LogP contribution in [0.4, 0.5) is 5.69 Å². The topological polar surface area (TPSA) is 98.8 Å². The molecule has 0 aromatic heterocycles. The molecule has 138 valence electrons. The molecule has 1 aliphatic heterocycles. The molecule has 6 nitrogen and oxygen atoms in total. The van der Waals surface area contributed by atoms with Crippen LogP contribution in [-0.2, 0) is 17.6 Å². The van der Waals surface area contributed by atoms with E-state index >= 15 is 0 Å². The predicted molar refractivity (Wildman–Crippen MR) is 99.3 cm³/mol. The van der Waals surface area contributed by atoms with Crippen molar-refractivity contribution in [1.82, 2.24) is 0 Å². The monoisotopic (exact) mass is 377 g/mol. The van der Waals surface area contributed by atoms with Crippen molar-refractivity contribution in [2.24, 2.45) is 0 Å². The molecule has 0 spiro atoms. The number of aliphatic carboxylic acids is 1. The lowest BCUT2D eigenvalue weighted by atomic mass is 10.0. The van der Waals surface area contributed by atoms with Gasteiger partial charge in [0.1, 0.15) is 0 Å². The zero-order valence-corrected chi connectivity index (χ0v) is 14.9. The summed E-state index contributed by atoms with van der Waals surface area (Å²) in [4.78, 5) is 23.4. The number of anilines is 1. The van der Waals surface area contributed by atoms with Crippen molar-refractivity contribution in [3.05, 3.63) is 53.1 Å². The molecule has 2 aromatic rings. The van der Waals surface area contributed by atoms with E-state index in [4.69, 9.17) is 20.3 Å². The van der Waals surface area contributed by atoms with Crippen LogP contribution in [0.25, 0.3) is 0 Å². The van der Waals surface area contributed by atoms with Gasteiger partial charge in [-0.1, -0.05) is 12.1 Å². The number of nitrogens with two attached hydrogens (primary N) is 1. The third-order valence-electron chi connectivity index (χ3n) is 4.06. The first kappa shape index (κ1) is 19.6. The van der Waals surface area contributed by atoms with Gasteiger partial charge in [-0.2, -0.15) is 0 Å². The van der Waals surface area contributed by atoms with Gasteiger partial charge >= 0.3 is 11.9 Å². The molecule has 0 fully saturated rings. The zero-order valence-electron chi connectivity index (χ0n) is 14.1. The summed E-state index contributed by atoms with van der Waals surface area (Å²) in [5.74, 6) is -0.619. The third-order valence-corrected chi connectivity index (χ3v) is 4.06. The SMILES string of the molecule is Cl.Nc1ccc2c(c1)CCCOc1c(CCC(=O)O)cccc1OC2=O. The Morgan fingerprint density at radius 1 is 1.23 bits per heavy atom. The summed E-state index contributed by atoms with van der Waals surface area (Å²) in [7, 11) is 0. The second-order valence-corrected chi connectivity index (χ2v) is 5.90. The Morgan fingerprint density at radius 2 is 2.04 bits per heavy atom. The molecule has 7 heteroatoms. The number of carbonyl (C=O) groups is 2. The maximum absolute atomic E-state index is 12.6. The fraction of sp³-hybridized carbons (Fsp3) is 0.263. The number of ether oxygens (including phenoxy) is 2. The van der Waals surface area contributed by atoms with Crippen LogP contribution in [0, 0.1) is 0 Å². The fourth-order valence-corrected chi connectivity index (χ4v) is 2.86. The highest BCUT2D eigenvalue weighted by atomic mass is 35.5. The molecule has 3 N–H and O–H groups in total. The Balaban J connectivity index is 0.00000243. The lowest BCUT2D eigenvalue weighted by Crippen LogP contribution is -2.16. The maximum Gasteiger partial charge on any atom is 0.343 e. The normalized spacial score (nSPS) is 13.3. The number of rotatable bonds is 3. The molecule has 0 saturated carbocycles. The number of halogens is 1. The molecule has 0 aliphatic carbocycles. The number of para-hydroxylation sites is 1. The van der Waals surface area contributed by atoms with Crippen LogP contribution < -0.4 is 15.2 Å². The van der Waals surface area contributed by atoms with Crippen molar-refractivity contribution < 1.29 is 24.2 Å². The molecule has 1 aliphatic rings. The molecule has 0 atom stereocenters. The van der Waals surface area contributed by atoms with E-state index in [1.807, 2.05) is 0 Å². The minimum Gasteiger partial charge on any atom is -0.489 e. The Morgan fingerprint density at radius 3 is 2.81 bits per heavy atom. The van der Waals surface area contributed by atoms with E-state index in [-0.39, 0.29) is 18.8 Å². The van der Waals surface area contributed by atoms with Crippen LogP contribution in [0.5, 0.6) is 11.5 Å². The van der Waals surface area contributed by atoms with E-state index in [0.29, 0.717) is 54.2 Å². The van der Waals surface area contributed by atoms with Crippen LogP contribution in [0.15, 0.2) is 36.4 Å². The van der Waals surface area contributed by atoms with E-state index in [0.717, 1.165) is 5.56 Å². The summed E-state index contributed by atoms with van der Waals surface area (Å²) in [5, 5.41) is 8.90. The molecule has 1 heterocycles. The Kier molecular flexibility index (Phi) is 6.46. The Hall–Kier alpha value is -2.73. The van der Waals surface area contributed by atoms with E-state index in [1.54, 1.807) is 36.4 Å². The number of carboxylic acid groups (broad SMARTS) is 1. The summed E-state index contributed by atoms with van der Waals surface area (Å²) >= 11 is 0. The number of hydrogen-bond acceptors (Lipinski definition) is 5. The number of hydrogen-bond donors (Lipinski definition) is 2. The molecular weight excluding hydrogens is 358 g/mol. The number of fused-ring (bicyclic) bond motifs is 2. The van der Waals surface area contributed by atoms with E-state index in [1.165, 1.54) is 0 Å². The fourth-order valence-electron chi connectivity index (χ4n) is 2.86. The molecule has 2 aromatic carbocycles. The minimum atomic E-state index is -0.888. The molecule has 0 radical (unpaired) electrons. The van der Waals surface area contributed by atoms with Crippen molar-refractivity contribution in [2.75, 3.05) is 12.3 Å². The van der Waals surface area contributed by atoms with Crippen LogP contribution in [-0.4, -0.2) is 23.7 Å². The first-order chi connectivity index (χ1) is 12.0. The van der Waals surface area contributed by atoms with Crippen molar-refractivity contribution in [3.63, 3.8) is 0 Å². The van der Waals surface area contributed by atoms with Crippen LogP contribution >= 0.6 is 12.4 Å². The summed E-state index contributed by atoms with van der Waals surface area (Å²) in [6.45, 7) is 0.433. The van der Waals surface area contributed by atoms with Crippen molar-refractivity contribution in [3.8, 4) is 11.5 Å². The number of aryl methyl sites for hydroxylation is 2. The van der Waals surface area contributed by atoms with Crippen LogP contribution in [0.1, 0.15) is 34.3 Å². The first-order valence-corrected chi connectivity index (χ1v) is 8.11. The minimum absolute atomic E-state index is 0. The Bertz CT molecular complexity index is 822. The second kappa shape index (κ2) is 8.58. The number of carbonyl (C=O) groups excluding carboxylic acids is 1. The molecule has 0 unspecified atom stereocenters. The summed E-state index contributed by atoms with van der Waals surface area (Å²) in [6, 6.07) is 10.3. The number of carboxylic acids is 1. The Labute approximate surface area is 157 Å². The number of nitrogen functional groups attached to an aromatic ring is 1. The second-order valence-electron chi connectivity index (χ2n) is 5.90. The van der Waals surface area contributed by atoms with E-state index < -0.39 is 11.9 Å². The quantitative estimate of drug-likeness (QED) is 0.484. The van der Waals surface area contributed by atoms with Gasteiger partial charge < -0.3 is 20.3 Å². The van der Waals surface area contributed by atoms with Gasteiger partial charge in [0, 0.05) is 12.1 Å². The largest absolute Gasteiger partial charge is 0.489 e. The smallest absolute Gasteiger partial charge is 0.343 e. The van der Waals surface area contributed by atoms with Gasteiger partial charge in [0.15, 0.2) is 11.5 Å². The predicted octanol–water partition coefficient (Wildman–Crippen LogP) is 3.25. The van der Waals surface area contributed by atoms with Gasteiger partial charge in [0.25, 0.3) is 0 Å². The summed E-state index contributed by atoms with van der Waals surface area (Å²) in [6.07, 6.45) is 1.64. The lowest BCUT2D eigenvalue weighted by molar-refractivity contribution is -0.136. The summed E-state index contributed by atoms with van der Waals surface area (Å²) < 4.78 is 11.4. The van der Waals surface area contributed by atoms with Crippen molar-refractivity contribution in [2.45, 2.75) is 25.7 Å². The van der Waals surface area contributed by atoms with Crippen molar-refractivity contribution in [1.29, 1.82) is 0 Å². The molecule has 0 amide bonds. The van der Waals surface area contributed by atoms with E-state index in [9.17, 15) is 9.59 Å². The first-order valence-electron chi connectivity index (χ1n) is 8.11. The molecule has 0 saturated heterocycles. The van der Waals surface area contributed by atoms with Crippen LogP contribution in [0.2, 0.25) is 0 Å². The third kappa shape index (κ3) is 4.46. The average Bonchev–Trinajstić information content (AvgIpc) is 2.57. The van der Waals surface area contributed by atoms with Gasteiger partial charge in [0.2, 0.25) is 0 Å². The average molecular weight is 378 g/mol. The molecular formula is C19H20ClNO5. The van der Waals surface area contributed by atoms with Gasteiger partial charge in [0.05, 0.1) is 12.2 Å². The highest BCUT2D eigenvalue weighted by Crippen LogP contribution is 2.34. The standard InChI is InChI=1S/C19H19NO5.ClH/c20-14-7-8-15-13(11-14)4-2-10-24-18-12(6-9-17(21)22)3-1-5-16(18)25-19(15)23;/h1,3,5,7-8,11H,2,4,6,9-10,20H2,(H,21,22);1H. The molecule has 0 bridgehead atoms. The van der Waals surface area contributed by atoms with E-state index in [2.05, 4.69) is 0 Å². The van der Waals surface area contributed by atoms with Gasteiger partial charge in [-0.05, 0) is 54.7 Å². The lowest BCUT2D eigenvalue weighted by Gasteiger charge is -2.18. The zero-order chi connectivity index (χ0) is 17.8. The van der Waals surface area contributed by atoms with Gasteiger partial charge in [-0.25, -0.2) is 4.79 Å². The van der Waals surface area contributed by atoms with Gasteiger partial charge in [-0.3, -0.25) is 4.79 Å². The maximum atomic E-state index is 12.6. The van der Waals surface area contributed by atoms with Crippen molar-refractivity contribution >= 4 is 30.0 Å².